The molecule has 0 saturated heterocycles. The van der Waals surface area contributed by atoms with E-state index in [1.54, 1.807) is 0 Å². The van der Waals surface area contributed by atoms with Gasteiger partial charge in [-0.15, -0.1) is 0 Å². The second-order valence-corrected chi connectivity index (χ2v) is 23.6. The van der Waals surface area contributed by atoms with E-state index < -0.39 is 0 Å². The first kappa shape index (κ1) is 42.7. The van der Waals surface area contributed by atoms with Crippen LogP contribution in [0.4, 0.5) is 0 Å². The summed E-state index contributed by atoms with van der Waals surface area (Å²) in [4.78, 5) is 0. The molecule has 0 saturated carbocycles. The summed E-state index contributed by atoms with van der Waals surface area (Å²) in [7, 11) is 0. The first-order valence-corrected chi connectivity index (χ1v) is 26.2. The molecule has 0 bridgehead atoms. The van der Waals surface area contributed by atoms with Gasteiger partial charge in [0.25, 0.3) is 0 Å². The Labute approximate surface area is 428 Å². The Morgan fingerprint density at radius 3 is 0.726 bits per heavy atom. The summed E-state index contributed by atoms with van der Waals surface area (Å²) in [6.07, 6.45) is 0. The predicted molar refractivity (Wildman–Crippen MR) is 306 cm³/mol. The van der Waals surface area contributed by atoms with E-state index in [9.17, 15) is 0 Å². The first-order valence-electron chi connectivity index (χ1n) is 26.2. The van der Waals surface area contributed by atoms with Crippen molar-refractivity contribution in [3.63, 3.8) is 0 Å². The molecule has 4 aliphatic rings. The molecule has 15 rings (SSSR count). The van der Waals surface area contributed by atoms with Crippen LogP contribution in [0.1, 0.15) is 99.9 Å². The van der Waals surface area contributed by atoms with Gasteiger partial charge in [0.2, 0.25) is 0 Å². The normalized spacial score (nSPS) is 16.1. The number of fused-ring (bicyclic) bond motifs is 15. The van der Waals surface area contributed by atoms with E-state index in [0.29, 0.717) is 0 Å². The van der Waals surface area contributed by atoms with E-state index in [1.807, 2.05) is 0 Å². The van der Waals surface area contributed by atoms with Gasteiger partial charge in [-0.2, -0.15) is 0 Å². The van der Waals surface area contributed by atoms with E-state index in [4.69, 9.17) is 4.42 Å². The Balaban J connectivity index is 0.979. The van der Waals surface area contributed by atoms with Crippen molar-refractivity contribution in [2.75, 3.05) is 0 Å². The van der Waals surface area contributed by atoms with Crippen LogP contribution in [0.3, 0.4) is 0 Å². The highest BCUT2D eigenvalue weighted by Crippen LogP contribution is 2.56. The summed E-state index contributed by atoms with van der Waals surface area (Å²) >= 11 is 0. The third-order valence-electron chi connectivity index (χ3n) is 18.3. The average Bonchev–Trinajstić information content (AvgIpc) is 4.10. The van der Waals surface area contributed by atoms with Gasteiger partial charge < -0.3 is 4.42 Å². The maximum absolute atomic E-state index is 7.23. The van der Waals surface area contributed by atoms with Gasteiger partial charge in [0.15, 0.2) is 0 Å². The fourth-order valence-corrected chi connectivity index (χ4v) is 14.3. The minimum atomic E-state index is -0.134. The monoisotopic (exact) mass is 936 g/mol. The van der Waals surface area contributed by atoms with Crippen molar-refractivity contribution in [3.05, 3.63) is 239 Å². The van der Waals surface area contributed by atoms with Crippen LogP contribution in [0.15, 0.2) is 199 Å². The molecule has 350 valence electrons. The quantitative estimate of drug-likeness (QED) is 0.171. The van der Waals surface area contributed by atoms with Crippen LogP contribution in [-0.4, -0.2) is 0 Å². The van der Waals surface area contributed by atoms with Crippen LogP contribution in [-0.2, 0) is 21.7 Å². The van der Waals surface area contributed by atoms with E-state index in [0.717, 1.165) is 21.9 Å². The molecule has 1 heteroatoms. The average molecular weight is 937 g/mol. The molecule has 10 aromatic carbocycles. The summed E-state index contributed by atoms with van der Waals surface area (Å²) in [6.45, 7) is 19.0. The maximum atomic E-state index is 7.23. The second-order valence-electron chi connectivity index (χ2n) is 23.6. The third kappa shape index (κ3) is 5.69. The highest BCUT2D eigenvalue weighted by molar-refractivity contribution is 6.12. The molecule has 0 aliphatic heterocycles. The van der Waals surface area contributed by atoms with E-state index >= 15 is 0 Å². The van der Waals surface area contributed by atoms with Crippen LogP contribution >= 0.6 is 0 Å². The Bertz CT molecular complexity index is 3980. The van der Waals surface area contributed by atoms with Crippen molar-refractivity contribution in [1.82, 2.24) is 0 Å². The van der Waals surface area contributed by atoms with Crippen LogP contribution in [0.25, 0.3) is 111 Å². The smallest absolute Gasteiger partial charge is 0.136 e. The Morgan fingerprint density at radius 2 is 0.452 bits per heavy atom. The third-order valence-corrected chi connectivity index (χ3v) is 18.3. The molecule has 1 aromatic heterocycles. The second kappa shape index (κ2) is 14.4. The predicted octanol–water partition coefficient (Wildman–Crippen LogP) is 19.5. The highest BCUT2D eigenvalue weighted by atomic mass is 16.3. The molecule has 1 heterocycles. The fraction of sp³-hybridized carbons (Fsp3) is 0.167. The number of hydrogen-bond acceptors (Lipinski definition) is 1. The lowest BCUT2D eigenvalue weighted by molar-refractivity contribution is 0.660. The number of rotatable bonds is 4. The Hall–Kier alpha value is -8.00. The minimum Gasteiger partial charge on any atom is -0.456 e. The van der Waals surface area contributed by atoms with Gasteiger partial charge in [0, 0.05) is 32.4 Å². The van der Waals surface area contributed by atoms with Crippen LogP contribution in [0.2, 0.25) is 0 Å². The fourth-order valence-electron chi connectivity index (χ4n) is 14.3. The number of furan rings is 1. The molecule has 73 heavy (non-hydrogen) atoms. The minimum absolute atomic E-state index is 0.132. The van der Waals surface area contributed by atoms with Gasteiger partial charge in [-0.25, -0.2) is 0 Å². The lowest BCUT2D eigenvalue weighted by atomic mass is 9.80. The van der Waals surface area contributed by atoms with Crippen LogP contribution in [0.5, 0.6) is 0 Å². The van der Waals surface area contributed by atoms with E-state index in [-0.39, 0.29) is 21.7 Å². The van der Waals surface area contributed by atoms with Gasteiger partial charge in [0.05, 0.1) is 0 Å². The molecule has 0 N–H and O–H groups in total. The SMILES string of the molecule is CC1(C)c2ccccc2-c2ccc(-c3cc4oc5cc(-c6ccc7c(c6)C(C)(C)c6ccccc6-7)c(-c6ccc7c(c6)C(C)(C)c6ccccc6-7)cc5c4cc3-c3ccc4c(c3)C(C)(C)c3ccccc3-4)cc21. The molecule has 1 nitrogen and oxygen atoms in total. The zero-order chi connectivity index (χ0) is 49.5. The molecule has 0 radical (unpaired) electrons. The van der Waals surface area contributed by atoms with Crippen LogP contribution in [0, 0.1) is 0 Å². The number of benzene rings is 10. The molecule has 0 unspecified atom stereocenters. The van der Waals surface area contributed by atoms with E-state index in [1.165, 1.54) is 134 Å². The summed E-state index contributed by atoms with van der Waals surface area (Å²) in [6, 6.07) is 74.1. The lowest BCUT2D eigenvalue weighted by Gasteiger charge is -2.23. The summed E-state index contributed by atoms with van der Waals surface area (Å²) in [5.41, 5.74) is 32.5. The molecule has 0 spiro atoms. The topological polar surface area (TPSA) is 13.1 Å². The lowest BCUT2D eigenvalue weighted by Crippen LogP contribution is -2.15. The highest BCUT2D eigenvalue weighted by Gasteiger charge is 2.39. The molecule has 0 fully saturated rings. The summed E-state index contributed by atoms with van der Waals surface area (Å²) in [5, 5.41) is 2.25. The number of hydrogen-bond donors (Lipinski definition) is 0. The van der Waals surface area contributed by atoms with Crippen molar-refractivity contribution in [2.24, 2.45) is 0 Å². The van der Waals surface area contributed by atoms with Crippen molar-refractivity contribution in [1.29, 1.82) is 0 Å². The maximum Gasteiger partial charge on any atom is 0.136 e. The molecule has 4 aliphatic carbocycles. The largest absolute Gasteiger partial charge is 0.456 e. The standard InChI is InChI=1S/C72H56O/c1-69(2)59-21-13-9-17-45(59)49-29-25-41(33-63(49)69)53-37-57-58-38-54(42-26-30-50-46-18-10-14-22-60(46)70(3,4)64(50)34-42)56(44-28-32-52-48-20-12-16-24-62(48)72(7,8)66(52)36-44)40-68(58)73-67(57)39-55(53)43-27-31-51-47-19-11-15-23-61(47)71(5,6)65(51)35-43/h9-40H,1-8H3. The molecule has 11 aromatic rings. The van der Waals surface area contributed by atoms with Crippen molar-refractivity contribution in [2.45, 2.75) is 77.0 Å². The van der Waals surface area contributed by atoms with Gasteiger partial charge in [-0.3, -0.25) is 0 Å². The van der Waals surface area contributed by atoms with Gasteiger partial charge >= 0.3 is 0 Å². The van der Waals surface area contributed by atoms with Crippen molar-refractivity contribution < 1.29 is 4.42 Å². The van der Waals surface area contributed by atoms with Gasteiger partial charge in [-0.05, 0) is 182 Å². The van der Waals surface area contributed by atoms with Crippen molar-refractivity contribution >= 4 is 21.9 Å². The molecule has 0 amide bonds. The molecular weight excluding hydrogens is 881 g/mol. The van der Waals surface area contributed by atoms with Crippen LogP contribution < -0.4 is 0 Å². The Morgan fingerprint density at radius 1 is 0.219 bits per heavy atom. The summed E-state index contributed by atoms with van der Waals surface area (Å²) < 4.78 is 7.23. The summed E-state index contributed by atoms with van der Waals surface area (Å²) in [5.74, 6) is 0. The van der Waals surface area contributed by atoms with Crippen molar-refractivity contribution in [3.8, 4) is 89.0 Å². The van der Waals surface area contributed by atoms with Gasteiger partial charge in [-0.1, -0.05) is 201 Å². The Kier molecular flexibility index (Phi) is 8.39. The zero-order valence-electron chi connectivity index (χ0n) is 42.9. The van der Waals surface area contributed by atoms with Gasteiger partial charge in [0.1, 0.15) is 11.2 Å². The molecular formula is C72H56O. The zero-order valence-corrected chi connectivity index (χ0v) is 42.9. The molecule has 0 atom stereocenters. The first-order chi connectivity index (χ1) is 35.2. The van der Waals surface area contributed by atoms with E-state index in [2.05, 4.69) is 250 Å².